The second-order valence-electron chi connectivity index (χ2n) is 7.23. The highest BCUT2D eigenvalue weighted by molar-refractivity contribution is 5.74. The van der Waals surface area contributed by atoms with E-state index < -0.39 is 5.82 Å². The van der Waals surface area contributed by atoms with Crippen molar-refractivity contribution in [1.82, 2.24) is 10.2 Å². The molecule has 0 bridgehead atoms. The molecule has 1 N–H and O–H groups in total. The fraction of sp³-hybridized carbons (Fsp3) is 0.409. The van der Waals surface area contributed by atoms with Gasteiger partial charge in [0.25, 0.3) is 0 Å². The van der Waals surface area contributed by atoms with Gasteiger partial charge < -0.3 is 24.6 Å². The zero-order valence-electron chi connectivity index (χ0n) is 17.2. The number of hydrogen-bond acceptors (Lipinski definition) is 4. The zero-order valence-corrected chi connectivity index (χ0v) is 17.2. The van der Waals surface area contributed by atoms with E-state index in [0.29, 0.717) is 6.54 Å². The third-order valence-electron chi connectivity index (χ3n) is 5.24. The number of piperidine rings is 1. The van der Waals surface area contributed by atoms with Gasteiger partial charge in [-0.05, 0) is 54.8 Å². The molecule has 0 aromatic heterocycles. The molecule has 0 radical (unpaired) electrons. The lowest BCUT2D eigenvalue weighted by Crippen LogP contribution is -2.48. The van der Waals surface area contributed by atoms with Crippen LogP contribution in [0, 0.1) is 5.82 Å². The van der Waals surface area contributed by atoms with E-state index in [1.165, 1.54) is 13.2 Å². The number of methoxy groups -OCH3 is 2. The number of carbonyl (C=O) groups excluding carboxylic acids is 1. The Bertz CT molecular complexity index is 821. The van der Waals surface area contributed by atoms with Gasteiger partial charge in [-0.15, -0.1) is 0 Å². The number of amides is 2. The summed E-state index contributed by atoms with van der Waals surface area (Å²) in [5.41, 5.74) is 1.88. The monoisotopic (exact) mass is 401 g/mol. The molecular formula is C22H28FN3O3. The van der Waals surface area contributed by atoms with E-state index in [1.54, 1.807) is 31.2 Å². The Labute approximate surface area is 171 Å². The fourth-order valence-electron chi connectivity index (χ4n) is 3.51. The normalized spacial score (nSPS) is 14.4. The van der Waals surface area contributed by atoms with E-state index in [4.69, 9.17) is 9.47 Å². The van der Waals surface area contributed by atoms with Crippen molar-refractivity contribution in [3.63, 3.8) is 0 Å². The average Bonchev–Trinajstić information content (AvgIpc) is 2.74. The van der Waals surface area contributed by atoms with Gasteiger partial charge in [-0.1, -0.05) is 6.07 Å². The Kier molecular flexibility index (Phi) is 6.80. The molecule has 0 atom stereocenters. The topological polar surface area (TPSA) is 54.0 Å². The highest BCUT2D eigenvalue weighted by atomic mass is 19.1. The second kappa shape index (κ2) is 9.49. The van der Waals surface area contributed by atoms with E-state index in [1.807, 2.05) is 12.1 Å². The summed E-state index contributed by atoms with van der Waals surface area (Å²) in [6.07, 6.45) is 1.76. The van der Waals surface area contributed by atoms with Crippen LogP contribution in [0.5, 0.6) is 11.5 Å². The van der Waals surface area contributed by atoms with Crippen molar-refractivity contribution in [1.29, 1.82) is 0 Å². The predicted octanol–water partition coefficient (Wildman–Crippen LogP) is 3.65. The summed E-state index contributed by atoms with van der Waals surface area (Å²) in [5.74, 6) is 0.616. The molecule has 156 valence electrons. The first-order valence-electron chi connectivity index (χ1n) is 9.73. The molecule has 0 saturated carbocycles. The minimum atomic E-state index is -0.426. The summed E-state index contributed by atoms with van der Waals surface area (Å²) in [7, 11) is 4.80. The largest absolute Gasteiger partial charge is 0.497 e. The SMILES string of the molecule is COc1ccc(N2CCC(NC(=O)N(C)Cc3ccc(OC)c(F)c3)CC2)cc1. The minimum absolute atomic E-state index is 0.132. The quantitative estimate of drug-likeness (QED) is 0.803. The van der Waals surface area contributed by atoms with Gasteiger partial charge in [0.15, 0.2) is 11.6 Å². The molecule has 1 aliphatic heterocycles. The highest BCUT2D eigenvalue weighted by Gasteiger charge is 2.22. The van der Waals surface area contributed by atoms with Gasteiger partial charge in [-0.25, -0.2) is 9.18 Å². The molecule has 2 amide bonds. The molecule has 2 aromatic rings. The number of urea groups is 1. The van der Waals surface area contributed by atoms with Crippen LogP contribution >= 0.6 is 0 Å². The lowest BCUT2D eigenvalue weighted by molar-refractivity contribution is 0.200. The number of carbonyl (C=O) groups is 1. The van der Waals surface area contributed by atoms with E-state index in [-0.39, 0.29) is 17.8 Å². The molecule has 6 nitrogen and oxygen atoms in total. The molecule has 1 fully saturated rings. The maximum absolute atomic E-state index is 13.8. The van der Waals surface area contributed by atoms with Crippen LogP contribution in [-0.4, -0.2) is 51.3 Å². The number of benzene rings is 2. The number of hydrogen-bond donors (Lipinski definition) is 1. The number of halogens is 1. The van der Waals surface area contributed by atoms with Crippen molar-refractivity contribution in [2.45, 2.75) is 25.4 Å². The summed E-state index contributed by atoms with van der Waals surface area (Å²) in [6, 6.07) is 12.7. The standard InChI is InChI=1S/C22H28FN3O3/c1-25(15-16-4-9-21(29-3)20(23)14-16)22(27)24-17-10-12-26(13-11-17)18-5-7-19(28-2)8-6-18/h4-9,14,17H,10-13,15H2,1-3H3,(H,24,27). The van der Waals surface area contributed by atoms with Crippen molar-refractivity contribution in [3.8, 4) is 11.5 Å². The van der Waals surface area contributed by atoms with Gasteiger partial charge in [-0.3, -0.25) is 0 Å². The van der Waals surface area contributed by atoms with Crippen LogP contribution in [0.1, 0.15) is 18.4 Å². The Balaban J connectivity index is 1.47. The minimum Gasteiger partial charge on any atom is -0.497 e. The summed E-state index contributed by atoms with van der Waals surface area (Å²) >= 11 is 0. The third kappa shape index (κ3) is 5.31. The first-order chi connectivity index (χ1) is 14.0. The molecule has 0 aliphatic carbocycles. The van der Waals surface area contributed by atoms with Crippen molar-refractivity contribution in [3.05, 3.63) is 53.8 Å². The highest BCUT2D eigenvalue weighted by Crippen LogP contribution is 2.23. The number of nitrogens with zero attached hydrogens (tertiary/aromatic N) is 2. The van der Waals surface area contributed by atoms with Gasteiger partial charge in [0.2, 0.25) is 0 Å². The summed E-state index contributed by atoms with van der Waals surface area (Å²) in [5, 5.41) is 3.09. The van der Waals surface area contributed by atoms with Crippen LogP contribution in [0.4, 0.5) is 14.9 Å². The van der Waals surface area contributed by atoms with Crippen LogP contribution in [0.3, 0.4) is 0 Å². The average molecular weight is 401 g/mol. The van der Waals surface area contributed by atoms with Crippen LogP contribution in [0.2, 0.25) is 0 Å². The Morgan fingerprint density at radius 3 is 2.41 bits per heavy atom. The van der Waals surface area contributed by atoms with Crippen molar-refractivity contribution >= 4 is 11.7 Å². The molecule has 1 aliphatic rings. The fourth-order valence-corrected chi connectivity index (χ4v) is 3.51. The van der Waals surface area contributed by atoms with E-state index in [9.17, 15) is 9.18 Å². The van der Waals surface area contributed by atoms with Gasteiger partial charge >= 0.3 is 6.03 Å². The van der Waals surface area contributed by atoms with Crippen LogP contribution in [-0.2, 0) is 6.54 Å². The number of ether oxygens (including phenoxy) is 2. The van der Waals surface area contributed by atoms with Crippen molar-refractivity contribution in [2.75, 3.05) is 39.3 Å². The first kappa shape index (κ1) is 20.8. The first-order valence-corrected chi connectivity index (χ1v) is 9.73. The maximum Gasteiger partial charge on any atom is 0.317 e. The van der Waals surface area contributed by atoms with Gasteiger partial charge in [0, 0.05) is 38.4 Å². The molecular weight excluding hydrogens is 373 g/mol. The molecule has 29 heavy (non-hydrogen) atoms. The van der Waals surface area contributed by atoms with Crippen molar-refractivity contribution < 1.29 is 18.7 Å². The second-order valence-corrected chi connectivity index (χ2v) is 7.23. The maximum atomic E-state index is 13.8. The number of nitrogens with one attached hydrogen (secondary N) is 1. The molecule has 7 heteroatoms. The summed E-state index contributed by atoms with van der Waals surface area (Å²) < 4.78 is 24.0. The van der Waals surface area contributed by atoms with E-state index >= 15 is 0 Å². The van der Waals surface area contributed by atoms with Crippen LogP contribution in [0.15, 0.2) is 42.5 Å². The van der Waals surface area contributed by atoms with E-state index in [0.717, 1.165) is 42.9 Å². The molecule has 3 rings (SSSR count). The zero-order chi connectivity index (χ0) is 20.8. The number of rotatable bonds is 6. The lowest BCUT2D eigenvalue weighted by atomic mass is 10.0. The number of anilines is 1. The summed E-state index contributed by atoms with van der Waals surface area (Å²) in [6.45, 7) is 2.09. The van der Waals surface area contributed by atoms with Crippen LogP contribution in [0.25, 0.3) is 0 Å². The molecule has 1 saturated heterocycles. The van der Waals surface area contributed by atoms with Crippen LogP contribution < -0.4 is 19.7 Å². The third-order valence-corrected chi connectivity index (χ3v) is 5.24. The Hall–Kier alpha value is -2.96. The molecule has 0 unspecified atom stereocenters. The van der Waals surface area contributed by atoms with E-state index in [2.05, 4.69) is 22.3 Å². The van der Waals surface area contributed by atoms with Gasteiger partial charge in [0.1, 0.15) is 5.75 Å². The van der Waals surface area contributed by atoms with Gasteiger partial charge in [-0.2, -0.15) is 0 Å². The van der Waals surface area contributed by atoms with Gasteiger partial charge in [0.05, 0.1) is 14.2 Å². The summed E-state index contributed by atoms with van der Waals surface area (Å²) in [4.78, 5) is 16.4. The Morgan fingerprint density at radius 1 is 1.14 bits per heavy atom. The predicted molar refractivity (Wildman–Crippen MR) is 111 cm³/mol. The lowest BCUT2D eigenvalue weighted by Gasteiger charge is -2.34. The Morgan fingerprint density at radius 2 is 1.83 bits per heavy atom. The smallest absolute Gasteiger partial charge is 0.317 e. The molecule has 0 spiro atoms. The van der Waals surface area contributed by atoms with Crippen molar-refractivity contribution in [2.24, 2.45) is 0 Å². The molecule has 2 aromatic carbocycles. The molecule has 1 heterocycles.